The summed E-state index contributed by atoms with van der Waals surface area (Å²) in [5, 5.41) is 0. The number of hydrogen-bond donors (Lipinski definition) is 0. The maximum atomic E-state index is 4.58. The Hall–Kier alpha value is 0.700. The fourth-order valence-electron chi connectivity index (χ4n) is 0.0589. The maximum Gasteiger partial charge on any atom is 0.00450 e. The molecule has 0 bridgehead atoms. The van der Waals surface area contributed by atoms with Gasteiger partial charge in [0, 0.05) is 11.5 Å². The molecule has 0 atom stereocenters. The molecule has 0 unspecified atom stereocenters. The molecule has 0 N–H and O–H groups in total. The zero-order chi connectivity index (χ0) is 4.12. The number of hydrogen-bond acceptors (Lipinski definition) is 0. The Kier molecular flexibility index (Phi) is 5.36. The van der Waals surface area contributed by atoms with Crippen LogP contribution in [0.2, 0.25) is 0 Å². The molecule has 5 heavy (non-hydrogen) atoms. The summed E-state index contributed by atoms with van der Waals surface area (Å²) in [6.07, 6.45) is 1.02. The van der Waals surface area contributed by atoms with E-state index < -0.39 is 0 Å². The Balaban J connectivity index is 2.19. The molecule has 0 rings (SSSR count). The first-order valence-electron chi connectivity index (χ1n) is 1.58. The van der Waals surface area contributed by atoms with Crippen LogP contribution in [0.3, 0.4) is 0 Å². The highest BCUT2D eigenvalue weighted by Gasteiger charge is 1.71. The quantitative estimate of drug-likeness (QED) is 0.503. The predicted octanol–water partition coefficient (Wildman–Crippen LogP) is 1.77. The lowest BCUT2D eigenvalue weighted by Crippen LogP contribution is -1.71. The fourth-order valence-corrected chi connectivity index (χ4v) is 0.530. The Morgan fingerprint density at radius 1 is 1.00 bits per heavy atom. The summed E-state index contributed by atoms with van der Waals surface area (Å²) in [5.74, 6) is 1.65. The van der Waals surface area contributed by atoms with E-state index in [9.17, 15) is 0 Å². The third kappa shape index (κ3) is 4.70. The highest BCUT2D eigenvalue weighted by molar-refractivity contribution is 7.81. The highest BCUT2D eigenvalue weighted by Crippen LogP contribution is 1.83. The highest BCUT2D eigenvalue weighted by atomic mass is 32.1. The van der Waals surface area contributed by atoms with Crippen LogP contribution in [0, 0.1) is 0 Å². The van der Waals surface area contributed by atoms with E-state index in [1.165, 1.54) is 0 Å². The second-order valence-corrected chi connectivity index (χ2v) is 1.58. The minimum atomic E-state index is 0.823. The minimum absolute atomic E-state index is 0.823. The Morgan fingerprint density at radius 3 is 1.40 bits per heavy atom. The predicted molar refractivity (Wildman–Crippen MR) is 29.5 cm³/mol. The largest absolute Gasteiger partial charge is 0.0941 e. The maximum absolute atomic E-state index is 4.58. The zero-order valence-corrected chi connectivity index (χ0v) is 4.57. The van der Waals surface area contributed by atoms with Crippen LogP contribution in [-0.4, -0.2) is 11.5 Å². The van der Waals surface area contributed by atoms with Gasteiger partial charge in [-0.25, -0.2) is 0 Å². The standard InChI is InChI=1S/C3H6S2/c4-2-1-3-5/h1-3H2. The van der Waals surface area contributed by atoms with E-state index in [1.807, 2.05) is 0 Å². The molecule has 30 valence electrons. The lowest BCUT2D eigenvalue weighted by atomic mass is 10.6. The van der Waals surface area contributed by atoms with E-state index in [2.05, 4.69) is 25.3 Å². The molecule has 0 aromatic carbocycles. The topological polar surface area (TPSA) is 0 Å². The molecular weight excluding hydrogens is 100 g/mol. The van der Waals surface area contributed by atoms with Crippen molar-refractivity contribution in [1.82, 2.24) is 0 Å². The van der Waals surface area contributed by atoms with Gasteiger partial charge in [-0.2, -0.15) is 0 Å². The van der Waals surface area contributed by atoms with Crippen molar-refractivity contribution >= 4 is 25.3 Å². The lowest BCUT2D eigenvalue weighted by molar-refractivity contribution is 1.14. The van der Waals surface area contributed by atoms with Crippen molar-refractivity contribution in [2.75, 3.05) is 11.5 Å². The van der Waals surface area contributed by atoms with Gasteiger partial charge < -0.3 is 0 Å². The Labute approximate surface area is 43.8 Å². The lowest BCUT2D eigenvalue weighted by Gasteiger charge is -1.76. The molecule has 0 saturated carbocycles. The van der Waals surface area contributed by atoms with E-state index >= 15 is 0 Å². The minimum Gasteiger partial charge on any atom is -0.0941 e. The van der Waals surface area contributed by atoms with Gasteiger partial charge in [0.1, 0.15) is 0 Å². The van der Waals surface area contributed by atoms with Gasteiger partial charge in [-0.15, -0.1) is 0 Å². The number of rotatable bonds is 2. The van der Waals surface area contributed by atoms with Crippen molar-refractivity contribution in [1.29, 1.82) is 0 Å². The Bertz CT molecular complexity index is 12.4. The van der Waals surface area contributed by atoms with Gasteiger partial charge in [-0.05, 0) is 6.42 Å². The molecule has 2 heteroatoms. The molecule has 0 heterocycles. The molecular formula is C3H6S2. The van der Waals surface area contributed by atoms with Crippen LogP contribution in [-0.2, 0) is 0 Å². The molecule has 0 aliphatic carbocycles. The van der Waals surface area contributed by atoms with Crippen LogP contribution >= 0.6 is 25.3 Å². The van der Waals surface area contributed by atoms with E-state index in [-0.39, 0.29) is 0 Å². The summed E-state index contributed by atoms with van der Waals surface area (Å²) in [7, 11) is 0. The summed E-state index contributed by atoms with van der Waals surface area (Å²) in [4.78, 5) is 0. The molecule has 0 aromatic heterocycles. The SMILES string of the molecule is [S]CCC[S]. The van der Waals surface area contributed by atoms with E-state index in [0.717, 1.165) is 17.9 Å². The third-order valence-corrected chi connectivity index (χ3v) is 0.866. The summed E-state index contributed by atoms with van der Waals surface area (Å²) < 4.78 is 0. The van der Waals surface area contributed by atoms with Crippen LogP contribution in [0.5, 0.6) is 0 Å². The van der Waals surface area contributed by atoms with Crippen LogP contribution in [0.4, 0.5) is 0 Å². The molecule has 0 amide bonds. The van der Waals surface area contributed by atoms with Gasteiger partial charge in [0.25, 0.3) is 0 Å². The van der Waals surface area contributed by atoms with Gasteiger partial charge in [-0.1, -0.05) is 25.3 Å². The molecule has 0 nitrogen and oxygen atoms in total. The molecule has 2 radical (unpaired) electrons. The van der Waals surface area contributed by atoms with Crippen LogP contribution in [0.15, 0.2) is 0 Å². The molecule has 0 aliphatic rings. The van der Waals surface area contributed by atoms with Crippen molar-refractivity contribution in [3.63, 3.8) is 0 Å². The molecule has 0 fully saturated rings. The van der Waals surface area contributed by atoms with Crippen molar-refractivity contribution in [2.24, 2.45) is 0 Å². The second kappa shape index (κ2) is 4.70. The Morgan fingerprint density at radius 2 is 1.40 bits per heavy atom. The van der Waals surface area contributed by atoms with Gasteiger partial charge in [0.15, 0.2) is 0 Å². The molecule has 0 aromatic rings. The van der Waals surface area contributed by atoms with E-state index in [0.29, 0.717) is 0 Å². The average Bonchev–Trinajstić information content (AvgIpc) is 1.41. The molecule has 0 spiro atoms. The smallest absolute Gasteiger partial charge is 0.00450 e. The zero-order valence-electron chi connectivity index (χ0n) is 2.94. The average molecular weight is 106 g/mol. The first-order valence-corrected chi connectivity index (χ1v) is 2.73. The third-order valence-electron chi connectivity index (χ3n) is 0.289. The van der Waals surface area contributed by atoms with Crippen LogP contribution in [0.1, 0.15) is 6.42 Å². The summed E-state index contributed by atoms with van der Waals surface area (Å²) in [5.41, 5.74) is 0. The van der Waals surface area contributed by atoms with Crippen molar-refractivity contribution in [3.05, 3.63) is 0 Å². The van der Waals surface area contributed by atoms with Crippen LogP contribution < -0.4 is 0 Å². The fraction of sp³-hybridized carbons (Fsp3) is 1.00. The van der Waals surface area contributed by atoms with Gasteiger partial charge in [-0.3, -0.25) is 0 Å². The van der Waals surface area contributed by atoms with Gasteiger partial charge in [0.05, 0.1) is 0 Å². The first-order chi connectivity index (χ1) is 2.41. The van der Waals surface area contributed by atoms with Crippen molar-refractivity contribution in [3.8, 4) is 0 Å². The van der Waals surface area contributed by atoms with Gasteiger partial charge >= 0.3 is 0 Å². The van der Waals surface area contributed by atoms with Crippen molar-refractivity contribution < 1.29 is 0 Å². The first kappa shape index (κ1) is 5.70. The van der Waals surface area contributed by atoms with Crippen molar-refractivity contribution in [2.45, 2.75) is 6.42 Å². The van der Waals surface area contributed by atoms with E-state index in [1.54, 1.807) is 0 Å². The second-order valence-electron chi connectivity index (χ2n) is 0.762. The summed E-state index contributed by atoms with van der Waals surface area (Å²) in [6, 6.07) is 0. The summed E-state index contributed by atoms with van der Waals surface area (Å²) in [6.45, 7) is 0. The van der Waals surface area contributed by atoms with Gasteiger partial charge in [0.2, 0.25) is 0 Å². The molecule has 0 saturated heterocycles. The van der Waals surface area contributed by atoms with Crippen LogP contribution in [0.25, 0.3) is 0 Å². The van der Waals surface area contributed by atoms with E-state index in [4.69, 9.17) is 0 Å². The molecule has 0 aliphatic heterocycles. The monoisotopic (exact) mass is 106 g/mol. The summed E-state index contributed by atoms with van der Waals surface area (Å²) >= 11 is 9.17. The normalized spacial score (nSPS) is 8.40.